The summed E-state index contributed by atoms with van der Waals surface area (Å²) in [6, 6.07) is 22.3. The second kappa shape index (κ2) is 22.6. The molecule has 0 aliphatic carbocycles. The summed E-state index contributed by atoms with van der Waals surface area (Å²) in [5, 5.41) is 0. The maximum absolute atomic E-state index is 2.35. The van der Waals surface area contributed by atoms with Gasteiger partial charge in [0.2, 0.25) is 0 Å². The van der Waals surface area contributed by atoms with Crippen molar-refractivity contribution < 1.29 is 0 Å². The van der Waals surface area contributed by atoms with Gasteiger partial charge in [0.1, 0.15) is 0 Å². The smallest absolute Gasteiger partial charge is 0.0162 e. The molecule has 1 atom stereocenters. The van der Waals surface area contributed by atoms with Crippen molar-refractivity contribution in [2.24, 2.45) is 0 Å². The van der Waals surface area contributed by atoms with E-state index >= 15 is 0 Å². The van der Waals surface area contributed by atoms with Gasteiger partial charge < -0.3 is 0 Å². The van der Waals surface area contributed by atoms with Crippen molar-refractivity contribution in [2.75, 3.05) is 0 Å². The first kappa shape index (κ1) is 30.7. The van der Waals surface area contributed by atoms with Gasteiger partial charge in [-0.2, -0.15) is 0 Å². The van der Waals surface area contributed by atoms with Gasteiger partial charge in [-0.3, -0.25) is 0 Å². The second-order valence-corrected chi connectivity index (χ2v) is 11.3. The molecule has 0 amide bonds. The van der Waals surface area contributed by atoms with Crippen LogP contribution in [0, 0.1) is 0 Å². The molecule has 1 unspecified atom stereocenters. The number of rotatable bonds is 24. The third-order valence-electron chi connectivity index (χ3n) is 8.04. The van der Waals surface area contributed by atoms with Gasteiger partial charge in [0.05, 0.1) is 0 Å². The van der Waals surface area contributed by atoms with Crippen molar-refractivity contribution in [3.63, 3.8) is 0 Å². The highest BCUT2D eigenvalue weighted by atomic mass is 14.2. The first-order valence-electron chi connectivity index (χ1n) is 16.0. The molecule has 0 aliphatic rings. The molecule has 0 aliphatic heterocycles. The summed E-state index contributed by atoms with van der Waals surface area (Å²) in [4.78, 5) is 0. The minimum atomic E-state index is 0.732. The molecular formula is C36H58. The third kappa shape index (κ3) is 16.2. The highest BCUT2D eigenvalue weighted by molar-refractivity contribution is 5.20. The number of aryl methyl sites for hydroxylation is 1. The number of hydrogen-bond acceptors (Lipinski definition) is 0. The van der Waals surface area contributed by atoms with E-state index in [1.54, 1.807) is 5.56 Å². The predicted octanol–water partition coefficient (Wildman–Crippen LogP) is 12.2. The molecule has 202 valence electrons. The maximum Gasteiger partial charge on any atom is -0.0162 e. The molecule has 2 rings (SSSR count). The molecule has 2 aromatic carbocycles. The predicted molar refractivity (Wildman–Crippen MR) is 162 cm³/mol. The Morgan fingerprint density at radius 1 is 0.417 bits per heavy atom. The quantitative estimate of drug-likeness (QED) is 0.128. The van der Waals surface area contributed by atoms with Gasteiger partial charge in [0, 0.05) is 0 Å². The van der Waals surface area contributed by atoms with Crippen LogP contribution in [0.5, 0.6) is 0 Å². The number of hydrogen-bond donors (Lipinski definition) is 0. The van der Waals surface area contributed by atoms with Gasteiger partial charge in [-0.05, 0) is 42.7 Å². The van der Waals surface area contributed by atoms with Crippen LogP contribution < -0.4 is 0 Å². The number of unbranched alkanes of at least 4 members (excludes halogenated alkanes) is 17. The van der Waals surface area contributed by atoms with Crippen LogP contribution in [0.25, 0.3) is 0 Å². The summed E-state index contributed by atoms with van der Waals surface area (Å²) >= 11 is 0. The Hall–Kier alpha value is -1.56. The van der Waals surface area contributed by atoms with Crippen molar-refractivity contribution in [2.45, 2.75) is 154 Å². The van der Waals surface area contributed by atoms with Crippen molar-refractivity contribution in [1.29, 1.82) is 0 Å². The lowest BCUT2D eigenvalue weighted by Crippen LogP contribution is -2.00. The molecular weight excluding hydrogens is 432 g/mol. The van der Waals surface area contributed by atoms with Gasteiger partial charge in [-0.15, -0.1) is 0 Å². The Balaban J connectivity index is 1.42. The lowest BCUT2D eigenvalue weighted by Gasteiger charge is -2.17. The highest BCUT2D eigenvalue weighted by Crippen LogP contribution is 2.28. The van der Waals surface area contributed by atoms with Gasteiger partial charge in [0.15, 0.2) is 0 Å². The monoisotopic (exact) mass is 490 g/mol. The SMILES string of the molecule is CCCCCCCCCCCCCCCCCCCCC(CCCc1ccccc1)c1ccccc1. The van der Waals surface area contributed by atoms with Crippen LogP contribution >= 0.6 is 0 Å². The van der Waals surface area contributed by atoms with Gasteiger partial charge in [0.25, 0.3) is 0 Å². The van der Waals surface area contributed by atoms with Gasteiger partial charge >= 0.3 is 0 Å². The second-order valence-electron chi connectivity index (χ2n) is 11.3. The summed E-state index contributed by atoms with van der Waals surface area (Å²) in [6.07, 6.45) is 31.3. The fourth-order valence-electron chi connectivity index (χ4n) is 5.69. The van der Waals surface area contributed by atoms with Crippen LogP contribution in [0.3, 0.4) is 0 Å². The van der Waals surface area contributed by atoms with Crippen molar-refractivity contribution in [3.05, 3.63) is 71.8 Å². The molecule has 0 aromatic heterocycles. The van der Waals surface area contributed by atoms with Crippen LogP contribution in [0.15, 0.2) is 60.7 Å². The average molecular weight is 491 g/mol. The summed E-state index contributed by atoms with van der Waals surface area (Å²) in [6.45, 7) is 2.30. The molecule has 0 nitrogen and oxygen atoms in total. The molecule has 0 heteroatoms. The summed E-state index contributed by atoms with van der Waals surface area (Å²) < 4.78 is 0. The molecule has 0 saturated heterocycles. The maximum atomic E-state index is 2.35. The topological polar surface area (TPSA) is 0 Å². The van der Waals surface area contributed by atoms with Crippen LogP contribution in [0.2, 0.25) is 0 Å². The van der Waals surface area contributed by atoms with E-state index in [4.69, 9.17) is 0 Å². The van der Waals surface area contributed by atoms with E-state index in [9.17, 15) is 0 Å². The minimum Gasteiger partial charge on any atom is -0.0654 e. The van der Waals surface area contributed by atoms with Crippen molar-refractivity contribution >= 4 is 0 Å². The Morgan fingerprint density at radius 3 is 1.28 bits per heavy atom. The molecule has 0 spiro atoms. The zero-order valence-electron chi connectivity index (χ0n) is 23.9. The highest BCUT2D eigenvalue weighted by Gasteiger charge is 2.11. The Kier molecular flexibility index (Phi) is 19.3. The Labute approximate surface area is 225 Å². The van der Waals surface area contributed by atoms with Crippen molar-refractivity contribution in [3.8, 4) is 0 Å². The first-order valence-corrected chi connectivity index (χ1v) is 16.0. The van der Waals surface area contributed by atoms with E-state index in [0.29, 0.717) is 0 Å². The first-order chi connectivity index (χ1) is 17.9. The fourth-order valence-corrected chi connectivity index (χ4v) is 5.69. The summed E-state index contributed by atoms with van der Waals surface area (Å²) in [5.74, 6) is 0.732. The van der Waals surface area contributed by atoms with Crippen molar-refractivity contribution in [1.82, 2.24) is 0 Å². The van der Waals surface area contributed by atoms with E-state index in [-0.39, 0.29) is 0 Å². The minimum absolute atomic E-state index is 0.732. The van der Waals surface area contributed by atoms with Crippen LogP contribution in [0.4, 0.5) is 0 Å². The van der Waals surface area contributed by atoms with Gasteiger partial charge in [-0.1, -0.05) is 183 Å². The van der Waals surface area contributed by atoms with Crippen LogP contribution in [-0.2, 0) is 6.42 Å². The lowest BCUT2D eigenvalue weighted by molar-refractivity contribution is 0.496. The molecule has 0 bridgehead atoms. The lowest BCUT2D eigenvalue weighted by atomic mass is 9.88. The number of benzene rings is 2. The van der Waals surface area contributed by atoms with Crippen LogP contribution in [0.1, 0.15) is 159 Å². The van der Waals surface area contributed by atoms with Gasteiger partial charge in [-0.25, -0.2) is 0 Å². The molecule has 2 aromatic rings. The van der Waals surface area contributed by atoms with E-state index < -0.39 is 0 Å². The Morgan fingerprint density at radius 2 is 0.806 bits per heavy atom. The average Bonchev–Trinajstić information content (AvgIpc) is 2.92. The van der Waals surface area contributed by atoms with E-state index in [2.05, 4.69) is 67.6 Å². The van der Waals surface area contributed by atoms with E-state index in [0.717, 1.165) is 5.92 Å². The third-order valence-corrected chi connectivity index (χ3v) is 8.04. The molecule has 0 N–H and O–H groups in total. The molecule has 36 heavy (non-hydrogen) atoms. The largest absolute Gasteiger partial charge is 0.0654 e. The fraction of sp³-hybridized carbons (Fsp3) is 0.667. The zero-order valence-corrected chi connectivity index (χ0v) is 23.9. The zero-order chi connectivity index (χ0) is 25.4. The normalized spacial score (nSPS) is 12.1. The van der Waals surface area contributed by atoms with E-state index in [1.807, 2.05) is 0 Å². The molecule has 0 radical (unpaired) electrons. The van der Waals surface area contributed by atoms with E-state index in [1.165, 1.54) is 147 Å². The molecule has 0 fully saturated rings. The Bertz CT molecular complexity index is 688. The standard InChI is InChI=1S/C36H58/c1-2-3-4-5-6-7-8-9-10-11-12-13-14-15-16-17-18-23-30-36(35-31-24-20-25-32-35)33-26-29-34-27-21-19-22-28-34/h19-22,24-25,27-28,31-32,36H,2-18,23,26,29-30,33H2,1H3. The molecule has 0 saturated carbocycles. The van der Waals surface area contributed by atoms with Crippen LogP contribution in [-0.4, -0.2) is 0 Å². The summed E-state index contributed by atoms with van der Waals surface area (Å²) in [5.41, 5.74) is 3.04. The molecule has 0 heterocycles. The summed E-state index contributed by atoms with van der Waals surface area (Å²) in [7, 11) is 0.